The molecule has 2 aromatic rings. The van der Waals surface area contributed by atoms with Gasteiger partial charge in [0.25, 0.3) is 5.91 Å². The minimum Gasteiger partial charge on any atom is -0.493 e. The van der Waals surface area contributed by atoms with Crippen LogP contribution in [0.1, 0.15) is 29.8 Å². The van der Waals surface area contributed by atoms with E-state index in [4.69, 9.17) is 14.2 Å². The van der Waals surface area contributed by atoms with Crippen LogP contribution in [0.3, 0.4) is 0 Å². The first-order chi connectivity index (χ1) is 12.8. The molecule has 2 aromatic carbocycles. The topological polar surface area (TPSA) is 48.0 Å². The van der Waals surface area contributed by atoms with Crippen molar-refractivity contribution < 1.29 is 19.0 Å². The molecule has 0 heterocycles. The molecule has 0 saturated carbocycles. The molecule has 6 heteroatoms. The van der Waals surface area contributed by atoms with Crippen LogP contribution < -0.4 is 14.2 Å². The predicted octanol–water partition coefficient (Wildman–Crippen LogP) is 4.57. The van der Waals surface area contributed by atoms with E-state index in [1.807, 2.05) is 44.2 Å². The monoisotopic (exact) mass is 435 g/mol. The van der Waals surface area contributed by atoms with Crippen LogP contribution in [0.2, 0.25) is 0 Å². The van der Waals surface area contributed by atoms with Crippen molar-refractivity contribution in [1.29, 1.82) is 0 Å². The Hall–Kier alpha value is -2.21. The second kappa shape index (κ2) is 9.65. The molecule has 0 spiro atoms. The van der Waals surface area contributed by atoms with Crippen molar-refractivity contribution in [3.8, 4) is 17.2 Å². The van der Waals surface area contributed by atoms with Gasteiger partial charge in [0.1, 0.15) is 5.75 Å². The summed E-state index contributed by atoms with van der Waals surface area (Å²) in [6.07, 6.45) is 0.697. The fraction of sp³-hybridized carbons (Fsp3) is 0.381. The van der Waals surface area contributed by atoms with E-state index in [1.165, 1.54) is 0 Å². The summed E-state index contributed by atoms with van der Waals surface area (Å²) in [4.78, 5) is 14.6. The highest BCUT2D eigenvalue weighted by Crippen LogP contribution is 2.28. The third kappa shape index (κ3) is 5.63. The molecule has 0 saturated heterocycles. The second-order valence-electron chi connectivity index (χ2n) is 6.47. The smallest absolute Gasteiger partial charge is 0.257 e. The maximum absolute atomic E-state index is 12.9. The van der Waals surface area contributed by atoms with E-state index in [0.717, 1.165) is 10.0 Å². The van der Waals surface area contributed by atoms with Crippen LogP contribution in [0.4, 0.5) is 0 Å². The molecule has 0 N–H and O–H groups in total. The number of amides is 1. The Labute approximate surface area is 169 Å². The van der Waals surface area contributed by atoms with Gasteiger partial charge in [0.15, 0.2) is 11.5 Å². The van der Waals surface area contributed by atoms with E-state index in [9.17, 15) is 4.79 Å². The first-order valence-corrected chi connectivity index (χ1v) is 9.57. The second-order valence-corrected chi connectivity index (χ2v) is 7.39. The average Bonchev–Trinajstić information content (AvgIpc) is 2.64. The van der Waals surface area contributed by atoms with Gasteiger partial charge in [0.2, 0.25) is 0 Å². The highest BCUT2D eigenvalue weighted by atomic mass is 79.9. The molecule has 27 heavy (non-hydrogen) atoms. The van der Waals surface area contributed by atoms with Crippen molar-refractivity contribution in [3.05, 3.63) is 52.0 Å². The highest BCUT2D eigenvalue weighted by molar-refractivity contribution is 9.10. The van der Waals surface area contributed by atoms with Gasteiger partial charge in [0, 0.05) is 18.1 Å². The molecule has 0 unspecified atom stereocenters. The first kappa shape index (κ1) is 21.1. The molecule has 0 aromatic heterocycles. The Morgan fingerprint density at radius 1 is 1.04 bits per heavy atom. The number of carbonyl (C=O) groups is 1. The lowest BCUT2D eigenvalue weighted by Gasteiger charge is -2.20. The molecule has 0 atom stereocenters. The molecule has 0 radical (unpaired) electrons. The van der Waals surface area contributed by atoms with Gasteiger partial charge in [-0.3, -0.25) is 4.79 Å². The lowest BCUT2D eigenvalue weighted by atomic mass is 10.1. The molecule has 1 amide bonds. The quantitative estimate of drug-likeness (QED) is 0.609. The van der Waals surface area contributed by atoms with E-state index in [2.05, 4.69) is 15.9 Å². The predicted molar refractivity (Wildman–Crippen MR) is 110 cm³/mol. The van der Waals surface area contributed by atoms with E-state index >= 15 is 0 Å². The van der Waals surface area contributed by atoms with E-state index in [0.29, 0.717) is 35.8 Å². The van der Waals surface area contributed by atoms with Gasteiger partial charge in [-0.25, -0.2) is 0 Å². The van der Waals surface area contributed by atoms with Crippen molar-refractivity contribution in [1.82, 2.24) is 4.90 Å². The zero-order valence-electron chi connectivity index (χ0n) is 16.4. The van der Waals surface area contributed by atoms with Crippen LogP contribution in [-0.4, -0.2) is 44.7 Å². The molecule has 0 aliphatic heterocycles. The third-order valence-electron chi connectivity index (χ3n) is 4.07. The molecular weight excluding hydrogens is 410 g/mol. The fourth-order valence-corrected chi connectivity index (χ4v) is 3.00. The lowest BCUT2D eigenvalue weighted by Crippen LogP contribution is -2.29. The Balaban J connectivity index is 2.10. The maximum Gasteiger partial charge on any atom is 0.257 e. The van der Waals surface area contributed by atoms with Gasteiger partial charge in [-0.05, 0) is 56.2 Å². The SMILES string of the molecule is COc1ccc(CCN(C)C(=O)c2ccc(Br)cc2OC(C)C)cc1OC. The van der Waals surface area contributed by atoms with Crippen molar-refractivity contribution in [2.24, 2.45) is 0 Å². The molecular formula is C21H26BrNO4. The summed E-state index contributed by atoms with van der Waals surface area (Å²) in [7, 11) is 5.02. The van der Waals surface area contributed by atoms with Crippen LogP contribution in [0.15, 0.2) is 40.9 Å². The van der Waals surface area contributed by atoms with E-state index < -0.39 is 0 Å². The summed E-state index contributed by atoms with van der Waals surface area (Å²) in [6, 6.07) is 11.3. The fourth-order valence-electron chi connectivity index (χ4n) is 2.66. The zero-order valence-corrected chi connectivity index (χ0v) is 18.0. The van der Waals surface area contributed by atoms with E-state index in [1.54, 1.807) is 32.2 Å². The van der Waals surface area contributed by atoms with Gasteiger partial charge in [0.05, 0.1) is 25.9 Å². The van der Waals surface area contributed by atoms with Crippen LogP contribution in [0.25, 0.3) is 0 Å². The largest absolute Gasteiger partial charge is 0.493 e. The molecule has 2 rings (SSSR count). The highest BCUT2D eigenvalue weighted by Gasteiger charge is 2.18. The van der Waals surface area contributed by atoms with E-state index in [-0.39, 0.29) is 12.0 Å². The summed E-state index contributed by atoms with van der Waals surface area (Å²) in [5, 5.41) is 0. The number of nitrogens with zero attached hydrogens (tertiary/aromatic N) is 1. The number of rotatable bonds is 8. The summed E-state index contributed by atoms with van der Waals surface area (Å²) < 4.78 is 17.3. The van der Waals surface area contributed by atoms with Crippen LogP contribution in [0, 0.1) is 0 Å². The van der Waals surface area contributed by atoms with Gasteiger partial charge in [-0.1, -0.05) is 22.0 Å². The first-order valence-electron chi connectivity index (χ1n) is 8.78. The number of hydrogen-bond acceptors (Lipinski definition) is 4. The Bertz CT molecular complexity index is 792. The summed E-state index contributed by atoms with van der Waals surface area (Å²) in [5.41, 5.74) is 1.63. The molecule has 0 bridgehead atoms. The Kier molecular flexibility index (Phi) is 7.54. The van der Waals surface area contributed by atoms with Crippen molar-refractivity contribution in [2.45, 2.75) is 26.4 Å². The van der Waals surface area contributed by atoms with Crippen molar-refractivity contribution in [2.75, 3.05) is 27.8 Å². The molecule has 0 fully saturated rings. The average molecular weight is 436 g/mol. The standard InChI is InChI=1S/C21H26BrNO4/c1-14(2)27-19-13-16(22)7-8-17(19)21(24)23(3)11-10-15-6-9-18(25-4)20(12-15)26-5/h6-9,12-14H,10-11H2,1-5H3. The lowest BCUT2D eigenvalue weighted by molar-refractivity contribution is 0.0790. The van der Waals surface area contributed by atoms with Gasteiger partial charge >= 0.3 is 0 Å². The van der Waals surface area contributed by atoms with Crippen LogP contribution >= 0.6 is 15.9 Å². The summed E-state index contributed by atoms with van der Waals surface area (Å²) in [5.74, 6) is 1.89. The number of halogens is 1. The van der Waals surface area contributed by atoms with Gasteiger partial charge in [-0.2, -0.15) is 0 Å². The molecule has 0 aliphatic rings. The van der Waals surface area contributed by atoms with Crippen LogP contribution in [0.5, 0.6) is 17.2 Å². The van der Waals surface area contributed by atoms with Crippen molar-refractivity contribution in [3.63, 3.8) is 0 Å². The zero-order chi connectivity index (χ0) is 20.0. The normalized spacial score (nSPS) is 10.6. The number of methoxy groups -OCH3 is 2. The van der Waals surface area contributed by atoms with Crippen LogP contribution in [-0.2, 0) is 6.42 Å². The number of ether oxygens (including phenoxy) is 3. The molecule has 146 valence electrons. The minimum atomic E-state index is -0.0707. The number of hydrogen-bond donors (Lipinski definition) is 0. The molecule has 5 nitrogen and oxygen atoms in total. The number of benzene rings is 2. The number of carbonyl (C=O) groups excluding carboxylic acids is 1. The minimum absolute atomic E-state index is 0.0112. The van der Waals surface area contributed by atoms with Gasteiger partial charge < -0.3 is 19.1 Å². The Morgan fingerprint density at radius 2 is 1.74 bits per heavy atom. The van der Waals surface area contributed by atoms with Crippen molar-refractivity contribution >= 4 is 21.8 Å². The third-order valence-corrected chi connectivity index (χ3v) is 4.56. The number of likely N-dealkylation sites (N-methyl/N-ethyl adjacent to an activating group) is 1. The summed E-state index contributed by atoms with van der Waals surface area (Å²) >= 11 is 3.43. The maximum atomic E-state index is 12.9. The van der Waals surface area contributed by atoms with Gasteiger partial charge in [-0.15, -0.1) is 0 Å². The summed E-state index contributed by atoms with van der Waals surface area (Å²) in [6.45, 7) is 4.46. The molecule has 0 aliphatic carbocycles. The Morgan fingerprint density at radius 3 is 2.37 bits per heavy atom.